The van der Waals surface area contributed by atoms with E-state index in [-0.39, 0.29) is 13.0 Å². The normalized spacial score (nSPS) is 24.2. The first-order chi connectivity index (χ1) is 7.61. The number of amides is 1. The van der Waals surface area contributed by atoms with E-state index in [0.29, 0.717) is 6.54 Å². The fraction of sp³-hybridized carbons (Fsp3) is 0.909. The van der Waals surface area contributed by atoms with E-state index in [0.717, 1.165) is 0 Å². The average molecular weight is 250 g/mol. The van der Waals surface area contributed by atoms with Gasteiger partial charge in [0.1, 0.15) is 5.60 Å². The Hall–Kier alpha value is -0.910. The molecule has 0 unspecified atom stereocenters. The van der Waals surface area contributed by atoms with E-state index < -0.39 is 23.7 Å². The molecule has 0 saturated carbocycles. The molecule has 1 aliphatic rings. The molecular formula is C11H20F2N2O2. The monoisotopic (exact) mass is 250 g/mol. The number of hydrogen-bond donors (Lipinski definition) is 1. The van der Waals surface area contributed by atoms with Gasteiger partial charge in [-0.05, 0) is 20.8 Å². The lowest BCUT2D eigenvalue weighted by Gasteiger charge is -2.36. The van der Waals surface area contributed by atoms with Gasteiger partial charge in [0, 0.05) is 20.0 Å². The largest absolute Gasteiger partial charge is 0.444 e. The molecule has 6 heteroatoms. The Kier molecular flexibility index (Phi) is 3.96. The summed E-state index contributed by atoms with van der Waals surface area (Å²) in [5.74, 6) is -2.76. The highest BCUT2D eigenvalue weighted by molar-refractivity contribution is 5.68. The number of carbonyl (C=O) groups excluding carboxylic acids is 1. The van der Waals surface area contributed by atoms with Crippen molar-refractivity contribution in [3.05, 3.63) is 0 Å². The number of nitrogens with one attached hydrogen (secondary N) is 1. The van der Waals surface area contributed by atoms with E-state index in [2.05, 4.69) is 5.32 Å². The van der Waals surface area contributed by atoms with Crippen molar-refractivity contribution in [1.82, 2.24) is 10.2 Å². The van der Waals surface area contributed by atoms with Crippen LogP contribution in [0.5, 0.6) is 0 Å². The van der Waals surface area contributed by atoms with Gasteiger partial charge in [0.15, 0.2) is 0 Å². The van der Waals surface area contributed by atoms with Crippen molar-refractivity contribution in [3.8, 4) is 0 Å². The zero-order valence-electron chi connectivity index (χ0n) is 10.7. The lowest BCUT2D eigenvalue weighted by Crippen LogP contribution is -2.54. The number of nitrogens with zero attached hydrogens (tertiary/aromatic N) is 1. The number of piperidine rings is 1. The first-order valence-electron chi connectivity index (χ1n) is 5.65. The maximum atomic E-state index is 13.2. The molecule has 0 aliphatic carbocycles. The van der Waals surface area contributed by atoms with Crippen molar-refractivity contribution in [2.24, 2.45) is 0 Å². The van der Waals surface area contributed by atoms with Crippen molar-refractivity contribution in [2.45, 2.75) is 44.8 Å². The second kappa shape index (κ2) is 4.76. The molecule has 1 aliphatic heterocycles. The molecule has 1 atom stereocenters. The molecule has 0 bridgehead atoms. The summed E-state index contributed by atoms with van der Waals surface area (Å²) in [5, 5.41) is 2.62. The molecule has 0 spiro atoms. The van der Waals surface area contributed by atoms with Crippen LogP contribution in [0.3, 0.4) is 0 Å². The van der Waals surface area contributed by atoms with Gasteiger partial charge in [0.05, 0.1) is 12.6 Å². The molecule has 1 rings (SSSR count). The predicted molar refractivity (Wildman–Crippen MR) is 60.2 cm³/mol. The van der Waals surface area contributed by atoms with Gasteiger partial charge >= 0.3 is 6.09 Å². The Balaban J connectivity index is 2.57. The Morgan fingerprint density at radius 2 is 2.06 bits per heavy atom. The van der Waals surface area contributed by atoms with Gasteiger partial charge in [0.2, 0.25) is 0 Å². The highest BCUT2D eigenvalue weighted by Gasteiger charge is 2.39. The van der Waals surface area contributed by atoms with Crippen LogP contribution in [0.1, 0.15) is 27.2 Å². The molecule has 1 fully saturated rings. The molecule has 17 heavy (non-hydrogen) atoms. The fourth-order valence-electron chi connectivity index (χ4n) is 1.67. The Labute approximate surface area is 100 Å². The minimum atomic E-state index is -2.76. The van der Waals surface area contributed by atoms with Crippen molar-refractivity contribution < 1.29 is 18.3 Å². The minimum Gasteiger partial charge on any atom is -0.444 e. The summed E-state index contributed by atoms with van der Waals surface area (Å²) in [6, 6.07) is -0.534. The lowest BCUT2D eigenvalue weighted by atomic mass is 10.0. The maximum absolute atomic E-state index is 13.2. The third-order valence-electron chi connectivity index (χ3n) is 2.53. The second-order valence-corrected chi connectivity index (χ2v) is 5.44. The van der Waals surface area contributed by atoms with Crippen molar-refractivity contribution in [3.63, 3.8) is 0 Å². The van der Waals surface area contributed by atoms with Gasteiger partial charge in [-0.25, -0.2) is 13.6 Å². The van der Waals surface area contributed by atoms with Gasteiger partial charge in [-0.15, -0.1) is 0 Å². The van der Waals surface area contributed by atoms with Crippen LogP contribution >= 0.6 is 0 Å². The standard InChI is InChI=1S/C11H20F2N2O2/c1-10(2,3)17-9(16)15(4)8-5-11(12,13)7-14-6-8/h8,14H,5-7H2,1-4H3/t8-/m1/s1. The van der Waals surface area contributed by atoms with Gasteiger partial charge in [-0.3, -0.25) is 0 Å². The third-order valence-corrected chi connectivity index (χ3v) is 2.53. The van der Waals surface area contributed by atoms with E-state index in [1.54, 1.807) is 20.8 Å². The quantitative estimate of drug-likeness (QED) is 0.772. The molecule has 0 radical (unpaired) electrons. The Morgan fingerprint density at radius 1 is 1.47 bits per heavy atom. The smallest absolute Gasteiger partial charge is 0.410 e. The van der Waals surface area contributed by atoms with E-state index in [9.17, 15) is 13.6 Å². The summed E-state index contributed by atoms with van der Waals surface area (Å²) in [7, 11) is 1.49. The number of alkyl halides is 2. The maximum Gasteiger partial charge on any atom is 0.410 e. The Bertz CT molecular complexity index is 290. The number of hydrogen-bond acceptors (Lipinski definition) is 3. The van der Waals surface area contributed by atoms with E-state index in [4.69, 9.17) is 4.74 Å². The van der Waals surface area contributed by atoms with Gasteiger partial charge in [-0.1, -0.05) is 0 Å². The van der Waals surface area contributed by atoms with E-state index in [1.807, 2.05) is 0 Å². The van der Waals surface area contributed by atoms with Crippen molar-refractivity contribution in [1.29, 1.82) is 0 Å². The molecular weight excluding hydrogens is 230 g/mol. The second-order valence-electron chi connectivity index (χ2n) is 5.44. The summed E-state index contributed by atoms with van der Waals surface area (Å²) in [5.41, 5.74) is -0.615. The highest BCUT2D eigenvalue weighted by Crippen LogP contribution is 2.25. The number of halogens is 2. The SMILES string of the molecule is CN(C(=O)OC(C)(C)C)[C@H]1CNCC(F)(F)C1. The van der Waals surface area contributed by atoms with Crippen LogP contribution in [0.15, 0.2) is 0 Å². The van der Waals surface area contributed by atoms with Crippen LogP contribution in [0.2, 0.25) is 0 Å². The van der Waals surface area contributed by atoms with Crippen LogP contribution < -0.4 is 5.32 Å². The topological polar surface area (TPSA) is 41.6 Å². The molecule has 1 saturated heterocycles. The highest BCUT2D eigenvalue weighted by atomic mass is 19.3. The first-order valence-corrected chi connectivity index (χ1v) is 5.65. The van der Waals surface area contributed by atoms with E-state index >= 15 is 0 Å². The molecule has 0 aromatic heterocycles. The number of ether oxygens (including phenoxy) is 1. The average Bonchev–Trinajstić information content (AvgIpc) is 2.12. The minimum absolute atomic E-state index is 0.324. The number of carbonyl (C=O) groups is 1. The summed E-state index contributed by atoms with van der Waals surface area (Å²) in [4.78, 5) is 12.9. The van der Waals surface area contributed by atoms with Crippen LogP contribution in [-0.2, 0) is 4.74 Å². The molecule has 0 aromatic rings. The van der Waals surface area contributed by atoms with Crippen LogP contribution in [0.4, 0.5) is 13.6 Å². The summed E-state index contributed by atoms with van der Waals surface area (Å²) >= 11 is 0. The van der Waals surface area contributed by atoms with Gasteiger partial charge in [0.25, 0.3) is 5.92 Å². The molecule has 0 aromatic carbocycles. The Morgan fingerprint density at radius 3 is 2.53 bits per heavy atom. The summed E-state index contributed by atoms with van der Waals surface area (Å²) in [6.45, 7) is 5.27. The first kappa shape index (κ1) is 14.2. The zero-order valence-corrected chi connectivity index (χ0v) is 10.7. The van der Waals surface area contributed by atoms with Crippen molar-refractivity contribution >= 4 is 6.09 Å². The predicted octanol–water partition coefficient (Wildman–Crippen LogP) is 1.85. The van der Waals surface area contributed by atoms with Crippen molar-refractivity contribution in [2.75, 3.05) is 20.1 Å². The molecule has 1 N–H and O–H groups in total. The molecule has 4 nitrogen and oxygen atoms in total. The number of likely N-dealkylation sites (N-methyl/N-ethyl adjacent to an activating group) is 1. The number of rotatable bonds is 1. The van der Waals surface area contributed by atoms with Crippen LogP contribution in [0.25, 0.3) is 0 Å². The lowest BCUT2D eigenvalue weighted by molar-refractivity contribution is -0.0507. The summed E-state index contributed by atoms with van der Waals surface area (Å²) < 4.78 is 31.5. The summed E-state index contributed by atoms with van der Waals surface area (Å²) in [6.07, 6.45) is -0.891. The van der Waals surface area contributed by atoms with E-state index in [1.165, 1.54) is 11.9 Å². The zero-order chi connectivity index (χ0) is 13.3. The van der Waals surface area contributed by atoms with Gasteiger partial charge in [-0.2, -0.15) is 0 Å². The third kappa shape index (κ3) is 4.46. The van der Waals surface area contributed by atoms with Gasteiger partial charge < -0.3 is 15.0 Å². The molecule has 100 valence electrons. The molecule has 1 heterocycles. The van der Waals surface area contributed by atoms with Crippen LogP contribution in [-0.4, -0.2) is 48.7 Å². The molecule has 1 amide bonds. The van der Waals surface area contributed by atoms with Crippen LogP contribution in [0, 0.1) is 0 Å². The fourth-order valence-corrected chi connectivity index (χ4v) is 1.67.